The number of hydrogen-bond donors (Lipinski definition) is 0. The summed E-state index contributed by atoms with van der Waals surface area (Å²) in [4.78, 5) is 21.0. The molecule has 0 aliphatic heterocycles. The summed E-state index contributed by atoms with van der Waals surface area (Å²) in [6.45, 7) is 2.08. The lowest BCUT2D eigenvalue weighted by Gasteiger charge is -2.25. The maximum absolute atomic E-state index is 12.8. The molecule has 0 fully saturated rings. The predicted molar refractivity (Wildman–Crippen MR) is 96.4 cm³/mol. The Labute approximate surface area is 150 Å². The van der Waals surface area contributed by atoms with Crippen LogP contribution in [0, 0.1) is 6.92 Å². The van der Waals surface area contributed by atoms with Crippen molar-refractivity contribution in [3.05, 3.63) is 80.5 Å². The van der Waals surface area contributed by atoms with E-state index in [4.69, 9.17) is 11.6 Å². The molecule has 3 aromatic rings. The fourth-order valence-electron chi connectivity index (χ4n) is 3.56. The van der Waals surface area contributed by atoms with Crippen molar-refractivity contribution in [3.63, 3.8) is 0 Å². The Bertz CT molecular complexity index is 984. The summed E-state index contributed by atoms with van der Waals surface area (Å²) in [5, 5.41) is 5.04. The van der Waals surface area contributed by atoms with Gasteiger partial charge in [-0.05, 0) is 67.0 Å². The van der Waals surface area contributed by atoms with Crippen LogP contribution in [-0.4, -0.2) is 19.7 Å². The van der Waals surface area contributed by atoms with Crippen molar-refractivity contribution in [2.45, 2.75) is 32.1 Å². The molecule has 1 aliphatic rings. The SMILES string of the molecule is Cc1cc(Cl)ccc1C1CCc2c(cnn(-c3ncccn3)c2=O)C1. The molecule has 126 valence electrons. The molecule has 6 heteroatoms. The van der Waals surface area contributed by atoms with Crippen molar-refractivity contribution in [2.24, 2.45) is 0 Å². The highest BCUT2D eigenvalue weighted by Gasteiger charge is 2.25. The molecule has 0 spiro atoms. The van der Waals surface area contributed by atoms with Crippen LogP contribution in [0.15, 0.2) is 47.7 Å². The zero-order chi connectivity index (χ0) is 17.4. The van der Waals surface area contributed by atoms with E-state index in [1.165, 1.54) is 15.8 Å². The van der Waals surface area contributed by atoms with E-state index in [1.807, 2.05) is 12.1 Å². The van der Waals surface area contributed by atoms with E-state index in [1.54, 1.807) is 24.7 Å². The van der Waals surface area contributed by atoms with E-state index in [-0.39, 0.29) is 5.56 Å². The summed E-state index contributed by atoms with van der Waals surface area (Å²) in [5.41, 5.74) is 4.22. The lowest BCUT2D eigenvalue weighted by molar-refractivity contribution is 0.563. The van der Waals surface area contributed by atoms with E-state index < -0.39 is 0 Å². The van der Waals surface area contributed by atoms with Crippen LogP contribution >= 0.6 is 11.6 Å². The van der Waals surface area contributed by atoms with Crippen molar-refractivity contribution in [3.8, 4) is 5.95 Å². The molecule has 2 heterocycles. The zero-order valence-electron chi connectivity index (χ0n) is 13.8. The monoisotopic (exact) mass is 352 g/mol. The second-order valence-corrected chi connectivity index (χ2v) is 6.79. The first-order chi connectivity index (χ1) is 12.1. The van der Waals surface area contributed by atoms with Crippen molar-refractivity contribution in [2.75, 3.05) is 0 Å². The number of aryl methyl sites for hydroxylation is 1. The zero-order valence-corrected chi connectivity index (χ0v) is 14.6. The lowest BCUT2D eigenvalue weighted by atomic mass is 9.80. The van der Waals surface area contributed by atoms with Gasteiger partial charge in [-0.15, -0.1) is 0 Å². The summed E-state index contributed by atoms with van der Waals surface area (Å²) >= 11 is 6.07. The fourth-order valence-corrected chi connectivity index (χ4v) is 3.78. The maximum Gasteiger partial charge on any atom is 0.277 e. The van der Waals surface area contributed by atoms with Crippen molar-refractivity contribution in [1.82, 2.24) is 19.7 Å². The molecule has 2 aromatic heterocycles. The normalized spacial score (nSPS) is 16.5. The first kappa shape index (κ1) is 16.0. The lowest BCUT2D eigenvalue weighted by Crippen LogP contribution is -2.30. The van der Waals surface area contributed by atoms with Gasteiger partial charge in [-0.1, -0.05) is 17.7 Å². The minimum absolute atomic E-state index is 0.116. The highest BCUT2D eigenvalue weighted by atomic mass is 35.5. The first-order valence-corrected chi connectivity index (χ1v) is 8.65. The predicted octanol–water partition coefficient (Wildman–Crippen LogP) is 3.26. The van der Waals surface area contributed by atoms with Crippen molar-refractivity contribution in [1.29, 1.82) is 0 Å². The number of rotatable bonds is 2. The van der Waals surface area contributed by atoms with Crippen LogP contribution in [-0.2, 0) is 12.8 Å². The Morgan fingerprint density at radius 3 is 2.80 bits per heavy atom. The molecule has 0 radical (unpaired) electrons. The molecular formula is C19H17ClN4O. The highest BCUT2D eigenvalue weighted by molar-refractivity contribution is 6.30. The van der Waals surface area contributed by atoms with Crippen molar-refractivity contribution >= 4 is 11.6 Å². The Balaban J connectivity index is 1.69. The highest BCUT2D eigenvalue weighted by Crippen LogP contribution is 2.33. The molecule has 5 nitrogen and oxygen atoms in total. The van der Waals surface area contributed by atoms with E-state index in [0.29, 0.717) is 11.9 Å². The third kappa shape index (κ3) is 2.96. The number of aromatic nitrogens is 4. The van der Waals surface area contributed by atoms with Gasteiger partial charge in [0.15, 0.2) is 0 Å². The Kier molecular flexibility index (Phi) is 4.09. The topological polar surface area (TPSA) is 60.7 Å². The summed E-state index contributed by atoms with van der Waals surface area (Å²) < 4.78 is 1.28. The van der Waals surface area contributed by atoms with Crippen LogP contribution in [0.25, 0.3) is 5.95 Å². The molecule has 1 atom stereocenters. The van der Waals surface area contributed by atoms with E-state index in [9.17, 15) is 4.79 Å². The Morgan fingerprint density at radius 2 is 2.04 bits per heavy atom. The van der Waals surface area contributed by atoms with Crippen LogP contribution < -0.4 is 5.56 Å². The van der Waals surface area contributed by atoms with Gasteiger partial charge < -0.3 is 0 Å². The molecule has 4 rings (SSSR count). The standard InChI is InChI=1S/C19H17ClN4O/c1-12-9-15(20)4-6-16(12)13-3-5-17-14(10-13)11-23-24(18(17)25)19-21-7-2-8-22-19/h2,4,6-9,11,13H,3,5,10H2,1H3. The minimum Gasteiger partial charge on any atom is -0.267 e. The molecule has 1 unspecified atom stereocenters. The average Bonchev–Trinajstić information content (AvgIpc) is 2.62. The van der Waals surface area contributed by atoms with Crippen LogP contribution in [0.5, 0.6) is 0 Å². The van der Waals surface area contributed by atoms with Crippen LogP contribution in [0.4, 0.5) is 0 Å². The largest absolute Gasteiger partial charge is 0.277 e. The van der Waals surface area contributed by atoms with Crippen LogP contribution in [0.2, 0.25) is 5.02 Å². The third-order valence-corrected chi connectivity index (χ3v) is 5.02. The van der Waals surface area contributed by atoms with Gasteiger partial charge in [0.25, 0.3) is 11.5 Å². The van der Waals surface area contributed by atoms with Gasteiger partial charge in [0.1, 0.15) is 0 Å². The molecule has 0 N–H and O–H groups in total. The molecule has 0 bridgehead atoms. The molecule has 0 saturated carbocycles. The fraction of sp³-hybridized carbons (Fsp3) is 0.263. The third-order valence-electron chi connectivity index (χ3n) is 4.79. The van der Waals surface area contributed by atoms with Crippen LogP contribution in [0.1, 0.15) is 34.6 Å². The van der Waals surface area contributed by atoms with Crippen LogP contribution in [0.3, 0.4) is 0 Å². The van der Waals surface area contributed by atoms with E-state index >= 15 is 0 Å². The smallest absolute Gasteiger partial charge is 0.267 e. The maximum atomic E-state index is 12.8. The summed E-state index contributed by atoms with van der Waals surface area (Å²) in [6, 6.07) is 7.74. The van der Waals surface area contributed by atoms with E-state index in [0.717, 1.165) is 35.4 Å². The number of hydrogen-bond acceptors (Lipinski definition) is 4. The second-order valence-electron chi connectivity index (χ2n) is 6.35. The van der Waals surface area contributed by atoms with Gasteiger partial charge in [0.05, 0.1) is 6.20 Å². The molecular weight excluding hydrogens is 336 g/mol. The van der Waals surface area contributed by atoms with Gasteiger partial charge >= 0.3 is 0 Å². The van der Waals surface area contributed by atoms with Gasteiger partial charge in [0.2, 0.25) is 0 Å². The number of benzene rings is 1. The molecule has 25 heavy (non-hydrogen) atoms. The van der Waals surface area contributed by atoms with E-state index in [2.05, 4.69) is 28.1 Å². The van der Waals surface area contributed by atoms with Gasteiger partial charge in [-0.25, -0.2) is 9.97 Å². The summed E-state index contributed by atoms with van der Waals surface area (Å²) in [7, 11) is 0. The van der Waals surface area contributed by atoms with Gasteiger partial charge in [0, 0.05) is 23.0 Å². The van der Waals surface area contributed by atoms with Gasteiger partial charge in [-0.3, -0.25) is 4.79 Å². The van der Waals surface area contributed by atoms with Crippen molar-refractivity contribution < 1.29 is 0 Å². The molecule has 1 aromatic carbocycles. The summed E-state index contributed by atoms with van der Waals surface area (Å²) in [5.74, 6) is 0.695. The average molecular weight is 353 g/mol. The molecule has 0 amide bonds. The quantitative estimate of drug-likeness (QED) is 0.710. The minimum atomic E-state index is -0.116. The Morgan fingerprint density at radius 1 is 1.24 bits per heavy atom. The molecule has 0 saturated heterocycles. The Hall–Kier alpha value is -2.53. The second kappa shape index (κ2) is 6.41. The number of nitrogens with zero attached hydrogens (tertiary/aromatic N) is 4. The summed E-state index contributed by atoms with van der Waals surface area (Å²) in [6.07, 6.45) is 7.48. The number of fused-ring (bicyclic) bond motifs is 1. The number of halogens is 1. The molecule has 1 aliphatic carbocycles. The van der Waals surface area contributed by atoms with Gasteiger partial charge in [-0.2, -0.15) is 9.78 Å². The first-order valence-electron chi connectivity index (χ1n) is 8.27.